The zero-order chi connectivity index (χ0) is 17.1. The van der Waals surface area contributed by atoms with Crippen LogP contribution in [0.15, 0.2) is 18.2 Å². The molecule has 2 saturated heterocycles. The molecule has 25 heavy (non-hydrogen) atoms. The molecule has 3 aliphatic rings. The number of hydrogen-bond donors (Lipinski definition) is 1. The normalized spacial score (nSPS) is 25.9. The molecule has 0 bridgehead atoms. The second kappa shape index (κ2) is 7.62. The van der Waals surface area contributed by atoms with Gasteiger partial charge in [-0.25, -0.2) is 0 Å². The van der Waals surface area contributed by atoms with Crippen LogP contribution in [0.4, 0.5) is 0 Å². The van der Waals surface area contributed by atoms with Crippen molar-refractivity contribution in [3.63, 3.8) is 0 Å². The van der Waals surface area contributed by atoms with Crippen LogP contribution in [-0.2, 0) is 9.53 Å². The van der Waals surface area contributed by atoms with E-state index in [9.17, 15) is 4.79 Å². The SMILES string of the molecule is O=C(CN1CCCC1c1ccc2c(c1)OCCO2)NCC1CCCO1. The Morgan fingerprint density at radius 1 is 1.12 bits per heavy atom. The van der Waals surface area contributed by atoms with Crippen LogP contribution < -0.4 is 14.8 Å². The van der Waals surface area contributed by atoms with Crippen molar-refractivity contribution in [2.75, 3.05) is 39.5 Å². The Bertz CT molecular complexity index is 615. The first-order valence-electron chi connectivity index (χ1n) is 9.31. The summed E-state index contributed by atoms with van der Waals surface area (Å²) in [5.74, 6) is 1.72. The van der Waals surface area contributed by atoms with Gasteiger partial charge in [-0.1, -0.05) is 6.07 Å². The summed E-state index contributed by atoms with van der Waals surface area (Å²) >= 11 is 0. The Balaban J connectivity index is 1.36. The fraction of sp³-hybridized carbons (Fsp3) is 0.632. The van der Waals surface area contributed by atoms with Gasteiger partial charge in [0.25, 0.3) is 0 Å². The lowest BCUT2D eigenvalue weighted by molar-refractivity contribution is -0.123. The number of ether oxygens (including phenoxy) is 3. The molecule has 6 nitrogen and oxygen atoms in total. The number of nitrogens with zero attached hydrogens (tertiary/aromatic N) is 1. The minimum Gasteiger partial charge on any atom is -0.486 e. The Labute approximate surface area is 148 Å². The first-order chi connectivity index (χ1) is 12.3. The summed E-state index contributed by atoms with van der Waals surface area (Å²) in [5.41, 5.74) is 1.20. The number of amides is 1. The highest BCUT2D eigenvalue weighted by Crippen LogP contribution is 2.37. The molecule has 1 amide bonds. The predicted octanol–water partition coefficient (Wildman–Crippen LogP) is 1.89. The molecule has 3 aliphatic heterocycles. The molecule has 0 aromatic heterocycles. The van der Waals surface area contributed by atoms with Gasteiger partial charge in [0, 0.05) is 19.2 Å². The molecular weight excluding hydrogens is 320 g/mol. The Kier molecular flexibility index (Phi) is 5.08. The number of hydrogen-bond acceptors (Lipinski definition) is 5. The third-order valence-electron chi connectivity index (χ3n) is 5.21. The van der Waals surface area contributed by atoms with Gasteiger partial charge in [-0.15, -0.1) is 0 Å². The quantitative estimate of drug-likeness (QED) is 0.882. The smallest absolute Gasteiger partial charge is 0.234 e. The van der Waals surface area contributed by atoms with E-state index in [0.29, 0.717) is 26.3 Å². The molecule has 136 valence electrons. The van der Waals surface area contributed by atoms with Crippen LogP contribution in [0.2, 0.25) is 0 Å². The Morgan fingerprint density at radius 2 is 2.00 bits per heavy atom. The van der Waals surface area contributed by atoms with Gasteiger partial charge in [-0.3, -0.25) is 9.69 Å². The monoisotopic (exact) mass is 346 g/mol. The number of rotatable bonds is 5. The van der Waals surface area contributed by atoms with Gasteiger partial charge in [0.15, 0.2) is 11.5 Å². The summed E-state index contributed by atoms with van der Waals surface area (Å²) in [4.78, 5) is 14.6. The van der Waals surface area contributed by atoms with E-state index >= 15 is 0 Å². The number of likely N-dealkylation sites (tertiary alicyclic amines) is 1. The van der Waals surface area contributed by atoms with Crippen molar-refractivity contribution in [1.82, 2.24) is 10.2 Å². The fourth-order valence-corrected chi connectivity index (χ4v) is 3.93. The lowest BCUT2D eigenvalue weighted by atomic mass is 10.0. The van der Waals surface area contributed by atoms with Crippen LogP contribution in [0.25, 0.3) is 0 Å². The first kappa shape index (κ1) is 16.7. The van der Waals surface area contributed by atoms with E-state index in [2.05, 4.69) is 22.3 Å². The standard InChI is InChI=1S/C19H26N2O4/c22-19(20-12-15-3-2-8-23-15)13-21-7-1-4-16(21)14-5-6-17-18(11-14)25-10-9-24-17/h5-6,11,15-16H,1-4,7-10,12-13H2,(H,20,22). The summed E-state index contributed by atoms with van der Waals surface area (Å²) < 4.78 is 16.9. The van der Waals surface area contributed by atoms with Crippen molar-refractivity contribution in [2.24, 2.45) is 0 Å². The van der Waals surface area contributed by atoms with Crippen LogP contribution in [0.1, 0.15) is 37.3 Å². The van der Waals surface area contributed by atoms with E-state index in [0.717, 1.165) is 50.3 Å². The molecular formula is C19H26N2O4. The van der Waals surface area contributed by atoms with E-state index in [4.69, 9.17) is 14.2 Å². The lowest BCUT2D eigenvalue weighted by Gasteiger charge is -2.26. The Hall–Kier alpha value is -1.79. The van der Waals surface area contributed by atoms with Crippen molar-refractivity contribution in [2.45, 2.75) is 37.8 Å². The van der Waals surface area contributed by atoms with Gasteiger partial charge in [0.1, 0.15) is 13.2 Å². The molecule has 1 aromatic carbocycles. The molecule has 3 heterocycles. The molecule has 0 saturated carbocycles. The van der Waals surface area contributed by atoms with Crippen molar-refractivity contribution in [3.8, 4) is 11.5 Å². The maximum Gasteiger partial charge on any atom is 0.234 e. The molecule has 2 atom stereocenters. The number of nitrogens with one attached hydrogen (secondary N) is 1. The second-order valence-electron chi connectivity index (χ2n) is 6.97. The summed E-state index contributed by atoms with van der Waals surface area (Å²) in [5, 5.41) is 3.02. The first-order valence-corrected chi connectivity index (χ1v) is 9.31. The molecule has 0 spiro atoms. The zero-order valence-electron chi connectivity index (χ0n) is 14.5. The number of carbonyl (C=O) groups is 1. The molecule has 2 fully saturated rings. The molecule has 0 aliphatic carbocycles. The van der Waals surface area contributed by atoms with Gasteiger partial charge in [-0.2, -0.15) is 0 Å². The van der Waals surface area contributed by atoms with Crippen molar-refractivity contribution >= 4 is 5.91 Å². The number of carbonyl (C=O) groups excluding carboxylic acids is 1. The van der Waals surface area contributed by atoms with Crippen LogP contribution in [-0.4, -0.2) is 56.4 Å². The van der Waals surface area contributed by atoms with E-state index in [1.165, 1.54) is 5.56 Å². The van der Waals surface area contributed by atoms with Gasteiger partial charge in [0.05, 0.1) is 12.6 Å². The van der Waals surface area contributed by atoms with E-state index in [1.54, 1.807) is 0 Å². The average molecular weight is 346 g/mol. The molecule has 4 rings (SSSR count). The van der Waals surface area contributed by atoms with E-state index in [1.807, 2.05) is 6.07 Å². The minimum absolute atomic E-state index is 0.0833. The van der Waals surface area contributed by atoms with Crippen LogP contribution in [0.3, 0.4) is 0 Å². The summed E-state index contributed by atoms with van der Waals surface area (Å²) in [7, 11) is 0. The summed E-state index contributed by atoms with van der Waals surface area (Å²) in [6.07, 6.45) is 4.51. The van der Waals surface area contributed by atoms with Crippen molar-refractivity contribution < 1.29 is 19.0 Å². The molecule has 0 radical (unpaired) electrons. The highest BCUT2D eigenvalue weighted by Gasteiger charge is 2.29. The molecule has 6 heteroatoms. The number of benzene rings is 1. The second-order valence-corrected chi connectivity index (χ2v) is 6.97. The number of fused-ring (bicyclic) bond motifs is 1. The molecule has 1 N–H and O–H groups in total. The van der Waals surface area contributed by atoms with Crippen molar-refractivity contribution in [1.29, 1.82) is 0 Å². The van der Waals surface area contributed by atoms with Gasteiger partial charge >= 0.3 is 0 Å². The molecule has 1 aromatic rings. The molecule has 2 unspecified atom stereocenters. The van der Waals surface area contributed by atoms with E-state index in [-0.39, 0.29) is 18.1 Å². The fourth-order valence-electron chi connectivity index (χ4n) is 3.93. The zero-order valence-corrected chi connectivity index (χ0v) is 14.5. The predicted molar refractivity (Wildman–Crippen MR) is 93.0 cm³/mol. The maximum absolute atomic E-state index is 12.3. The van der Waals surface area contributed by atoms with Crippen LogP contribution in [0.5, 0.6) is 11.5 Å². The van der Waals surface area contributed by atoms with E-state index < -0.39 is 0 Å². The van der Waals surface area contributed by atoms with Gasteiger partial charge in [-0.05, 0) is 49.9 Å². The highest BCUT2D eigenvalue weighted by molar-refractivity contribution is 5.78. The van der Waals surface area contributed by atoms with Crippen LogP contribution in [0, 0.1) is 0 Å². The average Bonchev–Trinajstić information content (AvgIpc) is 3.31. The lowest BCUT2D eigenvalue weighted by Crippen LogP contribution is -2.40. The maximum atomic E-state index is 12.3. The summed E-state index contributed by atoms with van der Waals surface area (Å²) in [6.45, 7) is 4.03. The summed E-state index contributed by atoms with van der Waals surface area (Å²) in [6, 6.07) is 6.42. The third-order valence-corrected chi connectivity index (χ3v) is 5.21. The Morgan fingerprint density at radius 3 is 2.84 bits per heavy atom. The van der Waals surface area contributed by atoms with Gasteiger partial charge in [0.2, 0.25) is 5.91 Å². The minimum atomic E-state index is 0.0833. The highest BCUT2D eigenvalue weighted by atomic mass is 16.6. The largest absolute Gasteiger partial charge is 0.486 e. The van der Waals surface area contributed by atoms with Crippen molar-refractivity contribution in [3.05, 3.63) is 23.8 Å². The van der Waals surface area contributed by atoms with Crippen LogP contribution >= 0.6 is 0 Å². The topological polar surface area (TPSA) is 60.0 Å². The van der Waals surface area contributed by atoms with Gasteiger partial charge < -0.3 is 19.5 Å². The third kappa shape index (κ3) is 3.90.